The molecule has 0 atom stereocenters. The first-order chi connectivity index (χ1) is 9.24. The summed E-state index contributed by atoms with van der Waals surface area (Å²) in [7, 11) is 0. The van der Waals surface area contributed by atoms with Gasteiger partial charge in [0.15, 0.2) is 0 Å². The molecule has 0 spiro atoms. The van der Waals surface area contributed by atoms with E-state index >= 15 is 0 Å². The van der Waals surface area contributed by atoms with Crippen LogP contribution in [-0.4, -0.2) is 17.7 Å². The highest BCUT2D eigenvalue weighted by Crippen LogP contribution is 2.25. The zero-order valence-electron chi connectivity index (χ0n) is 11.7. The molecule has 20 heavy (non-hydrogen) atoms. The quantitative estimate of drug-likeness (QED) is 0.672. The summed E-state index contributed by atoms with van der Waals surface area (Å²) in [6.07, 6.45) is 0.259. The van der Waals surface area contributed by atoms with Gasteiger partial charge in [-0.3, -0.25) is 4.99 Å². The van der Waals surface area contributed by atoms with Gasteiger partial charge in [0, 0.05) is 30.1 Å². The molecule has 0 aliphatic heterocycles. The van der Waals surface area contributed by atoms with Crippen molar-refractivity contribution in [3.63, 3.8) is 0 Å². The summed E-state index contributed by atoms with van der Waals surface area (Å²) >= 11 is 5.91. The first kappa shape index (κ1) is 16.6. The smallest absolute Gasteiger partial charge is 0.280 e. The number of halogens is 3. The van der Waals surface area contributed by atoms with E-state index in [1.165, 1.54) is 18.3 Å². The van der Waals surface area contributed by atoms with E-state index in [4.69, 9.17) is 17.3 Å². The van der Waals surface area contributed by atoms with Crippen molar-refractivity contribution >= 4 is 23.4 Å². The van der Waals surface area contributed by atoms with E-state index in [2.05, 4.69) is 30.7 Å². The molecule has 0 aliphatic rings. The molecule has 0 fully saturated rings. The third-order valence-corrected chi connectivity index (χ3v) is 2.67. The molecule has 1 aromatic heterocycles. The van der Waals surface area contributed by atoms with E-state index in [1.807, 2.05) is 0 Å². The van der Waals surface area contributed by atoms with Crippen LogP contribution in [0.4, 0.5) is 8.78 Å². The van der Waals surface area contributed by atoms with Gasteiger partial charge < -0.3 is 5.73 Å². The van der Waals surface area contributed by atoms with E-state index in [0.29, 0.717) is 17.7 Å². The maximum absolute atomic E-state index is 12.5. The van der Waals surface area contributed by atoms with Crippen LogP contribution in [0.3, 0.4) is 0 Å². The molecule has 6 heteroatoms. The van der Waals surface area contributed by atoms with Gasteiger partial charge in [0.25, 0.3) is 6.43 Å². The van der Waals surface area contributed by atoms with Crippen LogP contribution in [0.1, 0.15) is 38.5 Å². The summed E-state index contributed by atoms with van der Waals surface area (Å²) in [5.74, 6) is 0. The van der Waals surface area contributed by atoms with Gasteiger partial charge >= 0.3 is 0 Å². The molecule has 3 nitrogen and oxygen atoms in total. The maximum atomic E-state index is 12.5. The molecule has 0 aromatic carbocycles. The molecule has 0 unspecified atom stereocenters. The van der Waals surface area contributed by atoms with Crippen LogP contribution in [0.5, 0.6) is 0 Å². The molecular weight excluding hydrogens is 284 g/mol. The highest BCUT2D eigenvalue weighted by Gasteiger charge is 2.13. The van der Waals surface area contributed by atoms with Gasteiger partial charge in [-0.15, -0.1) is 0 Å². The lowest BCUT2D eigenvalue weighted by Gasteiger charge is -2.14. The standard InChI is InChI=1S/C14H18ClF2N3/c1-14(2,3)8-19-7-9(6-18)10-4-5-11(13(16)17)20-12(10)15/h4-7,13H,8,18H2,1-3H3/b9-6+,19-7?. The molecule has 0 aliphatic carbocycles. The van der Waals surface area contributed by atoms with Crippen molar-refractivity contribution in [1.82, 2.24) is 4.98 Å². The zero-order chi connectivity index (χ0) is 15.3. The number of hydrogen-bond donors (Lipinski definition) is 1. The monoisotopic (exact) mass is 301 g/mol. The first-order valence-electron chi connectivity index (χ1n) is 6.11. The topological polar surface area (TPSA) is 51.3 Å². The normalized spacial score (nSPS) is 13.4. The van der Waals surface area contributed by atoms with Crippen molar-refractivity contribution in [3.8, 4) is 0 Å². The van der Waals surface area contributed by atoms with Crippen molar-refractivity contribution in [2.75, 3.05) is 6.54 Å². The van der Waals surface area contributed by atoms with E-state index in [9.17, 15) is 8.78 Å². The lowest BCUT2D eigenvalue weighted by molar-refractivity contribution is 0.146. The Hall–Kier alpha value is -1.49. The Morgan fingerprint density at radius 1 is 1.45 bits per heavy atom. The molecule has 0 saturated carbocycles. The zero-order valence-corrected chi connectivity index (χ0v) is 12.5. The Kier molecular flexibility index (Phi) is 5.62. The summed E-state index contributed by atoms with van der Waals surface area (Å²) in [6.45, 7) is 6.79. The summed E-state index contributed by atoms with van der Waals surface area (Å²) in [6, 6.07) is 2.70. The second-order valence-corrected chi connectivity index (χ2v) is 5.89. The predicted octanol–water partition coefficient (Wildman–Crippen LogP) is 4.09. The van der Waals surface area contributed by atoms with E-state index < -0.39 is 6.43 Å². The lowest BCUT2D eigenvalue weighted by atomic mass is 9.97. The lowest BCUT2D eigenvalue weighted by Crippen LogP contribution is -2.09. The molecule has 0 radical (unpaired) electrons. The van der Waals surface area contributed by atoms with Gasteiger partial charge in [0.05, 0.1) is 0 Å². The van der Waals surface area contributed by atoms with Crippen LogP contribution in [-0.2, 0) is 0 Å². The first-order valence-corrected chi connectivity index (χ1v) is 6.49. The van der Waals surface area contributed by atoms with Crippen LogP contribution in [0.15, 0.2) is 23.3 Å². The van der Waals surface area contributed by atoms with Crippen LogP contribution in [0, 0.1) is 5.41 Å². The summed E-state index contributed by atoms with van der Waals surface area (Å²) in [5, 5.41) is -0.0123. The average molecular weight is 302 g/mol. The number of nitrogens with two attached hydrogens (primary N) is 1. The predicted molar refractivity (Wildman–Crippen MR) is 79.2 cm³/mol. The maximum Gasteiger partial charge on any atom is 0.280 e. The van der Waals surface area contributed by atoms with Crippen molar-refractivity contribution in [2.45, 2.75) is 27.2 Å². The molecule has 1 aromatic rings. The highest BCUT2D eigenvalue weighted by molar-refractivity contribution is 6.32. The Bertz CT molecular complexity index is 520. The van der Waals surface area contributed by atoms with Gasteiger partial charge in [-0.2, -0.15) is 0 Å². The number of aromatic nitrogens is 1. The van der Waals surface area contributed by atoms with E-state index in [1.54, 1.807) is 6.21 Å². The third kappa shape index (κ3) is 4.89. The molecule has 0 bridgehead atoms. The van der Waals surface area contributed by atoms with Gasteiger partial charge in [0.2, 0.25) is 0 Å². The van der Waals surface area contributed by atoms with Crippen LogP contribution in [0.2, 0.25) is 5.15 Å². The minimum absolute atomic E-state index is 0.0123. The van der Waals surface area contributed by atoms with Gasteiger partial charge in [-0.1, -0.05) is 32.4 Å². The third-order valence-electron chi connectivity index (χ3n) is 2.38. The number of aliphatic imine (C=N–C) groups is 1. The molecule has 0 saturated heterocycles. The number of allylic oxidation sites excluding steroid dienone is 1. The Labute approximate surface area is 122 Å². The molecule has 0 amide bonds. The van der Waals surface area contributed by atoms with Gasteiger partial charge in [-0.05, 0) is 17.5 Å². The van der Waals surface area contributed by atoms with Crippen LogP contribution < -0.4 is 5.73 Å². The van der Waals surface area contributed by atoms with Crippen molar-refractivity contribution < 1.29 is 8.78 Å². The van der Waals surface area contributed by atoms with Crippen molar-refractivity contribution in [2.24, 2.45) is 16.1 Å². The second kappa shape index (κ2) is 6.79. The fourth-order valence-corrected chi connectivity index (χ4v) is 1.68. The molecule has 110 valence electrons. The minimum atomic E-state index is -2.65. The fourth-order valence-electron chi connectivity index (χ4n) is 1.41. The highest BCUT2D eigenvalue weighted by atomic mass is 35.5. The Balaban J connectivity index is 2.97. The Morgan fingerprint density at radius 2 is 2.10 bits per heavy atom. The van der Waals surface area contributed by atoms with E-state index in [0.717, 1.165) is 0 Å². The SMILES string of the molecule is CC(C)(C)CN=C/C(=C\N)c1ccc(C(F)F)nc1Cl. The van der Waals surface area contributed by atoms with E-state index in [-0.39, 0.29) is 16.3 Å². The summed E-state index contributed by atoms with van der Waals surface area (Å²) < 4.78 is 25.0. The number of rotatable bonds is 4. The van der Waals surface area contributed by atoms with Gasteiger partial charge in [-0.25, -0.2) is 13.8 Å². The molecule has 1 heterocycles. The van der Waals surface area contributed by atoms with Crippen molar-refractivity contribution in [3.05, 3.63) is 34.7 Å². The fraction of sp³-hybridized carbons (Fsp3) is 0.429. The Morgan fingerprint density at radius 3 is 2.55 bits per heavy atom. The number of alkyl halides is 2. The molecular formula is C14H18ClF2N3. The number of nitrogens with zero attached hydrogens (tertiary/aromatic N) is 2. The summed E-state index contributed by atoms with van der Waals surface area (Å²) in [5.41, 5.74) is 6.26. The van der Waals surface area contributed by atoms with Gasteiger partial charge in [0.1, 0.15) is 10.8 Å². The summed E-state index contributed by atoms with van der Waals surface area (Å²) in [4.78, 5) is 7.94. The number of pyridine rings is 1. The van der Waals surface area contributed by atoms with Crippen molar-refractivity contribution in [1.29, 1.82) is 0 Å². The van der Waals surface area contributed by atoms with Crippen LogP contribution in [0.25, 0.3) is 5.57 Å². The second-order valence-electron chi connectivity index (χ2n) is 5.53. The number of hydrogen-bond acceptors (Lipinski definition) is 3. The van der Waals surface area contributed by atoms with Crippen LogP contribution >= 0.6 is 11.6 Å². The molecule has 2 N–H and O–H groups in total. The average Bonchev–Trinajstić information content (AvgIpc) is 2.34. The molecule has 1 rings (SSSR count). The minimum Gasteiger partial charge on any atom is -0.404 e. The largest absolute Gasteiger partial charge is 0.404 e.